The molecule has 0 saturated heterocycles. The second kappa shape index (κ2) is 7.65. The highest BCUT2D eigenvalue weighted by atomic mass is 35.5. The lowest BCUT2D eigenvalue weighted by Crippen LogP contribution is -2.32. The number of carbonyl (C=O) groups is 1. The normalized spacial score (nSPS) is 11.1. The van der Waals surface area contributed by atoms with E-state index >= 15 is 0 Å². The Bertz CT molecular complexity index is 779. The van der Waals surface area contributed by atoms with Gasteiger partial charge in [0.2, 0.25) is 0 Å². The average Bonchev–Trinajstić information content (AvgIpc) is 2.50. The minimum absolute atomic E-state index is 0.0271. The second-order valence-corrected chi connectivity index (χ2v) is 5.79. The molecule has 2 aromatic carbocycles. The quantitative estimate of drug-likeness (QED) is 0.731. The Labute approximate surface area is 147 Å². The summed E-state index contributed by atoms with van der Waals surface area (Å²) in [5, 5.41) is 4.28. The molecule has 0 aliphatic heterocycles. The van der Waals surface area contributed by atoms with Crippen LogP contribution in [0.3, 0.4) is 0 Å². The molecule has 0 aromatic heterocycles. The number of carbonyl (C=O) groups excluding carboxylic acids is 1. The number of alkyl halides is 3. The van der Waals surface area contributed by atoms with Crippen LogP contribution >= 0.6 is 11.6 Å². The molecule has 0 bridgehead atoms. The Morgan fingerprint density at radius 1 is 1.16 bits per heavy atom. The summed E-state index contributed by atoms with van der Waals surface area (Å²) in [4.78, 5) is 11.8. The number of hydrogen-bond donors (Lipinski definition) is 2. The standard InChI is InChI=1S/C17H16ClF3N2O2/c1-10-3-6-15(11(2)7-10)25-9-22-16(24)23-12-4-5-14(18)13(8-12)17(19,20)21/h3-8H,9H2,1-2H3,(H2,22,23,24). The minimum atomic E-state index is -4.60. The number of nitrogens with one attached hydrogen (secondary N) is 2. The number of urea groups is 1. The van der Waals surface area contributed by atoms with Gasteiger partial charge in [-0.2, -0.15) is 13.2 Å². The number of halogens is 4. The third kappa shape index (κ3) is 5.29. The van der Waals surface area contributed by atoms with E-state index in [0.29, 0.717) is 5.75 Å². The highest BCUT2D eigenvalue weighted by Gasteiger charge is 2.33. The Kier molecular flexibility index (Phi) is 5.79. The molecule has 2 rings (SSSR count). The van der Waals surface area contributed by atoms with E-state index < -0.39 is 22.8 Å². The number of ether oxygens (including phenoxy) is 1. The minimum Gasteiger partial charge on any atom is -0.473 e. The van der Waals surface area contributed by atoms with Crippen molar-refractivity contribution >= 4 is 23.3 Å². The average molecular weight is 373 g/mol. The highest BCUT2D eigenvalue weighted by Crippen LogP contribution is 2.36. The molecule has 2 N–H and O–H groups in total. The fraction of sp³-hybridized carbons (Fsp3) is 0.235. The Hall–Kier alpha value is -2.41. The van der Waals surface area contributed by atoms with Crippen LogP contribution in [-0.4, -0.2) is 12.8 Å². The summed E-state index contributed by atoms with van der Waals surface area (Å²) in [6, 6.07) is 8.01. The van der Waals surface area contributed by atoms with Crippen molar-refractivity contribution in [3.05, 3.63) is 58.1 Å². The molecular formula is C17H16ClF3N2O2. The molecule has 4 nitrogen and oxygen atoms in total. The van der Waals surface area contributed by atoms with Gasteiger partial charge in [0.15, 0.2) is 6.73 Å². The van der Waals surface area contributed by atoms with Gasteiger partial charge in [-0.25, -0.2) is 4.79 Å². The van der Waals surface area contributed by atoms with E-state index in [1.807, 2.05) is 26.0 Å². The highest BCUT2D eigenvalue weighted by molar-refractivity contribution is 6.31. The van der Waals surface area contributed by atoms with Crippen molar-refractivity contribution < 1.29 is 22.7 Å². The van der Waals surface area contributed by atoms with Crippen LogP contribution in [0.1, 0.15) is 16.7 Å². The van der Waals surface area contributed by atoms with Gasteiger partial charge in [-0.1, -0.05) is 29.3 Å². The maximum Gasteiger partial charge on any atom is 0.417 e. The van der Waals surface area contributed by atoms with Gasteiger partial charge in [-0.05, 0) is 43.7 Å². The van der Waals surface area contributed by atoms with Crippen molar-refractivity contribution in [3.63, 3.8) is 0 Å². The summed E-state index contributed by atoms with van der Waals surface area (Å²) in [6.07, 6.45) is -4.60. The molecule has 0 heterocycles. The van der Waals surface area contributed by atoms with Gasteiger partial charge in [0.05, 0.1) is 10.6 Å². The summed E-state index contributed by atoms with van der Waals surface area (Å²) < 4.78 is 43.8. The number of rotatable bonds is 4. The summed E-state index contributed by atoms with van der Waals surface area (Å²) in [6.45, 7) is 3.69. The summed E-state index contributed by atoms with van der Waals surface area (Å²) >= 11 is 5.53. The largest absolute Gasteiger partial charge is 0.473 e. The van der Waals surface area contributed by atoms with Crippen LogP contribution in [0.25, 0.3) is 0 Å². The Morgan fingerprint density at radius 3 is 2.52 bits per heavy atom. The zero-order valence-electron chi connectivity index (χ0n) is 13.5. The molecule has 0 aliphatic carbocycles. The molecule has 0 radical (unpaired) electrons. The number of amides is 2. The lowest BCUT2D eigenvalue weighted by molar-refractivity contribution is -0.137. The molecule has 8 heteroatoms. The second-order valence-electron chi connectivity index (χ2n) is 5.38. The lowest BCUT2D eigenvalue weighted by Gasteiger charge is -2.13. The zero-order valence-corrected chi connectivity index (χ0v) is 14.3. The molecule has 134 valence electrons. The van der Waals surface area contributed by atoms with E-state index in [2.05, 4.69) is 10.6 Å². The number of anilines is 1. The first-order valence-corrected chi connectivity index (χ1v) is 7.66. The van der Waals surface area contributed by atoms with Crippen LogP contribution in [-0.2, 0) is 6.18 Å². The van der Waals surface area contributed by atoms with Gasteiger partial charge in [0.1, 0.15) is 5.75 Å². The molecule has 2 aromatic rings. The van der Waals surface area contributed by atoms with Crippen molar-refractivity contribution in [2.45, 2.75) is 20.0 Å². The number of benzene rings is 2. The number of aryl methyl sites for hydroxylation is 2. The molecular weight excluding hydrogens is 357 g/mol. The number of hydrogen-bond acceptors (Lipinski definition) is 2. The maximum absolute atomic E-state index is 12.8. The van der Waals surface area contributed by atoms with Crippen LogP contribution in [0.4, 0.5) is 23.7 Å². The third-order valence-corrected chi connectivity index (χ3v) is 3.65. The zero-order chi connectivity index (χ0) is 18.6. The van der Waals surface area contributed by atoms with Gasteiger partial charge in [-0.3, -0.25) is 0 Å². The van der Waals surface area contributed by atoms with E-state index in [1.54, 1.807) is 6.07 Å². The predicted molar refractivity (Wildman–Crippen MR) is 90.0 cm³/mol. The van der Waals surface area contributed by atoms with Gasteiger partial charge >= 0.3 is 12.2 Å². The first-order valence-electron chi connectivity index (χ1n) is 7.28. The van der Waals surface area contributed by atoms with Crippen molar-refractivity contribution in [3.8, 4) is 5.75 Å². The van der Waals surface area contributed by atoms with E-state index in [4.69, 9.17) is 16.3 Å². The predicted octanol–water partition coefficient (Wildman–Crippen LogP) is 5.13. The van der Waals surface area contributed by atoms with E-state index in [0.717, 1.165) is 23.3 Å². The van der Waals surface area contributed by atoms with Crippen LogP contribution in [0.15, 0.2) is 36.4 Å². The maximum atomic E-state index is 12.8. The molecule has 25 heavy (non-hydrogen) atoms. The van der Waals surface area contributed by atoms with E-state index in [-0.39, 0.29) is 12.4 Å². The van der Waals surface area contributed by atoms with Crippen LogP contribution in [0, 0.1) is 13.8 Å². The summed E-state index contributed by atoms with van der Waals surface area (Å²) in [5.41, 5.74) is 0.952. The first-order chi connectivity index (χ1) is 11.7. The molecule has 0 unspecified atom stereocenters. The van der Waals surface area contributed by atoms with Gasteiger partial charge in [0.25, 0.3) is 0 Å². The van der Waals surface area contributed by atoms with Gasteiger partial charge in [0, 0.05) is 5.69 Å². The van der Waals surface area contributed by atoms with Crippen molar-refractivity contribution in [1.82, 2.24) is 5.32 Å². The SMILES string of the molecule is Cc1ccc(OCNC(=O)Nc2ccc(Cl)c(C(F)(F)F)c2)c(C)c1. The fourth-order valence-electron chi connectivity index (χ4n) is 2.14. The smallest absolute Gasteiger partial charge is 0.417 e. The molecule has 0 atom stereocenters. The van der Waals surface area contributed by atoms with Crippen molar-refractivity contribution in [2.24, 2.45) is 0 Å². The Balaban J connectivity index is 1.92. The van der Waals surface area contributed by atoms with Gasteiger partial charge in [-0.15, -0.1) is 0 Å². The molecule has 0 spiro atoms. The fourth-order valence-corrected chi connectivity index (χ4v) is 2.36. The lowest BCUT2D eigenvalue weighted by atomic mass is 10.1. The van der Waals surface area contributed by atoms with Crippen LogP contribution in [0.5, 0.6) is 5.75 Å². The summed E-state index contributed by atoms with van der Waals surface area (Å²) in [7, 11) is 0. The monoisotopic (exact) mass is 372 g/mol. The van der Waals surface area contributed by atoms with E-state index in [1.165, 1.54) is 6.07 Å². The van der Waals surface area contributed by atoms with Crippen LogP contribution in [0.2, 0.25) is 5.02 Å². The molecule has 0 fully saturated rings. The van der Waals surface area contributed by atoms with Gasteiger partial charge < -0.3 is 15.4 Å². The van der Waals surface area contributed by atoms with Crippen molar-refractivity contribution in [2.75, 3.05) is 12.0 Å². The molecule has 0 saturated carbocycles. The van der Waals surface area contributed by atoms with Crippen LogP contribution < -0.4 is 15.4 Å². The van der Waals surface area contributed by atoms with Crippen molar-refractivity contribution in [1.29, 1.82) is 0 Å². The van der Waals surface area contributed by atoms with E-state index in [9.17, 15) is 18.0 Å². The summed E-state index contributed by atoms with van der Waals surface area (Å²) in [5.74, 6) is 0.608. The molecule has 2 amide bonds. The third-order valence-electron chi connectivity index (χ3n) is 3.32. The topological polar surface area (TPSA) is 50.4 Å². The first kappa shape index (κ1) is 18.9. The Morgan fingerprint density at radius 2 is 1.88 bits per heavy atom. The molecule has 0 aliphatic rings.